The number of rotatable bonds is 5. The van der Waals surface area contributed by atoms with Gasteiger partial charge in [-0.15, -0.1) is 0 Å². The summed E-state index contributed by atoms with van der Waals surface area (Å²) < 4.78 is 11.4. The molecule has 0 radical (unpaired) electrons. The second kappa shape index (κ2) is 5.61. The fraction of sp³-hybridized carbons (Fsp3) is 0.875. The van der Waals surface area contributed by atoms with Crippen LogP contribution in [-0.2, 0) is 9.36 Å². The van der Waals surface area contributed by atoms with E-state index in [-0.39, 0.29) is 13.0 Å². The molecule has 0 unspecified atom stereocenters. The number of nitrogens with zero attached hydrogens (tertiary/aromatic N) is 2. The topological polar surface area (TPSA) is 81.1 Å². The summed E-state index contributed by atoms with van der Waals surface area (Å²) in [4.78, 5) is 30.1. The Morgan fingerprint density at radius 2 is 1.87 bits per heavy atom. The van der Waals surface area contributed by atoms with Crippen molar-refractivity contribution >= 4 is 14.2 Å². The van der Waals surface area contributed by atoms with E-state index in [9.17, 15) is 9.36 Å². The molecule has 1 heterocycles. The lowest BCUT2D eigenvalue weighted by Crippen LogP contribution is -2.36. The first-order valence-corrected chi connectivity index (χ1v) is 6.61. The van der Waals surface area contributed by atoms with E-state index >= 15 is 0 Å². The van der Waals surface area contributed by atoms with Gasteiger partial charge in [0.1, 0.15) is 0 Å². The zero-order chi connectivity index (χ0) is 11.3. The van der Waals surface area contributed by atoms with Gasteiger partial charge >= 0.3 is 7.75 Å². The molecule has 1 amide bonds. The monoisotopic (exact) mass is 236 g/mol. The summed E-state index contributed by atoms with van der Waals surface area (Å²) in [5, 5.41) is 0. The van der Waals surface area contributed by atoms with Gasteiger partial charge in [-0.25, -0.2) is 4.57 Å². The van der Waals surface area contributed by atoms with Crippen molar-refractivity contribution in [1.29, 1.82) is 0 Å². The third-order valence-electron chi connectivity index (χ3n) is 2.55. The Hall–Kier alpha value is -0.420. The molecular weight excluding hydrogens is 219 g/mol. The quantitative estimate of drug-likeness (QED) is 0.519. The molecule has 0 aromatic carbocycles. The first-order chi connectivity index (χ1) is 7.04. The first-order valence-electron chi connectivity index (χ1n) is 5.04. The van der Waals surface area contributed by atoms with E-state index in [1.807, 2.05) is 0 Å². The number of carbonyl (C=O) groups is 1. The fourth-order valence-corrected chi connectivity index (χ4v) is 2.14. The number of piperidine rings is 1. The summed E-state index contributed by atoms with van der Waals surface area (Å²) in [5.74, 6) is 0. The molecule has 0 aliphatic carbocycles. The van der Waals surface area contributed by atoms with E-state index < -0.39 is 7.75 Å². The maximum Gasteiger partial charge on any atom is 0.432 e. The summed E-state index contributed by atoms with van der Waals surface area (Å²) in [6.07, 6.45) is 3.67. The Bertz CT molecular complexity index is 249. The van der Waals surface area contributed by atoms with Crippen molar-refractivity contribution in [2.45, 2.75) is 19.3 Å². The lowest BCUT2D eigenvalue weighted by molar-refractivity contribution is -0.115. The molecule has 0 saturated carbocycles. The average molecular weight is 236 g/mol. The highest BCUT2D eigenvalue weighted by Gasteiger charge is 2.24. The molecule has 0 spiro atoms. The van der Waals surface area contributed by atoms with Gasteiger partial charge in [-0.1, -0.05) is 6.42 Å². The Morgan fingerprint density at radius 3 is 2.33 bits per heavy atom. The van der Waals surface area contributed by atoms with Crippen molar-refractivity contribution in [3.05, 3.63) is 0 Å². The summed E-state index contributed by atoms with van der Waals surface area (Å²) in [6, 6.07) is 0. The van der Waals surface area contributed by atoms with Gasteiger partial charge in [0, 0.05) is 13.1 Å². The van der Waals surface area contributed by atoms with E-state index in [1.54, 1.807) is 0 Å². The lowest BCUT2D eigenvalue weighted by atomic mass is 10.1. The number of hydrogen-bond acceptors (Lipinski definition) is 3. The van der Waals surface area contributed by atoms with Crippen LogP contribution in [0.25, 0.3) is 0 Å². The van der Waals surface area contributed by atoms with Gasteiger partial charge in [0.05, 0.1) is 0 Å². The molecular formula is C8H17N2O4P. The zero-order valence-corrected chi connectivity index (χ0v) is 9.47. The van der Waals surface area contributed by atoms with E-state index in [0.717, 1.165) is 25.9 Å². The van der Waals surface area contributed by atoms with Crippen LogP contribution in [0.5, 0.6) is 0 Å². The molecule has 6 nitrogen and oxygen atoms in total. The molecule has 1 aliphatic rings. The molecule has 1 aliphatic heterocycles. The van der Waals surface area contributed by atoms with Gasteiger partial charge in [-0.3, -0.25) is 9.46 Å². The summed E-state index contributed by atoms with van der Waals surface area (Å²) in [6.45, 7) is 2.53. The van der Waals surface area contributed by atoms with Crippen LogP contribution in [0.4, 0.5) is 0 Å². The molecule has 1 saturated heterocycles. The third kappa shape index (κ3) is 4.30. The van der Waals surface area contributed by atoms with Crippen LogP contribution in [0.3, 0.4) is 0 Å². The van der Waals surface area contributed by atoms with Crippen molar-refractivity contribution in [1.82, 2.24) is 9.57 Å². The van der Waals surface area contributed by atoms with Crippen molar-refractivity contribution in [3.63, 3.8) is 0 Å². The van der Waals surface area contributed by atoms with Gasteiger partial charge in [0.2, 0.25) is 6.41 Å². The summed E-state index contributed by atoms with van der Waals surface area (Å²) in [7, 11) is -4.40. The minimum absolute atomic E-state index is 0.0910. The Balaban J connectivity index is 2.33. The lowest BCUT2D eigenvalue weighted by Gasteiger charge is -2.28. The number of likely N-dealkylation sites (tertiary alicyclic amines) is 1. The maximum absolute atomic E-state index is 10.8. The highest BCUT2D eigenvalue weighted by molar-refractivity contribution is 7.49. The number of amides is 1. The van der Waals surface area contributed by atoms with Crippen molar-refractivity contribution < 1.29 is 19.1 Å². The molecule has 7 heteroatoms. The molecule has 88 valence electrons. The van der Waals surface area contributed by atoms with Gasteiger partial charge in [0.15, 0.2) is 0 Å². The van der Waals surface area contributed by atoms with Gasteiger partial charge in [0.25, 0.3) is 0 Å². The average Bonchev–Trinajstić information content (AvgIpc) is 2.18. The van der Waals surface area contributed by atoms with Crippen LogP contribution in [0.1, 0.15) is 19.3 Å². The SMILES string of the molecule is O=CN(CCN1CCCCC1)P(=O)(O)O. The van der Waals surface area contributed by atoms with E-state index in [0.29, 0.717) is 11.2 Å². The largest absolute Gasteiger partial charge is 0.432 e. The number of carbonyl (C=O) groups excluding carboxylic acids is 1. The van der Waals surface area contributed by atoms with E-state index in [1.165, 1.54) is 6.42 Å². The Kier molecular flexibility index (Phi) is 4.73. The third-order valence-corrected chi connectivity index (χ3v) is 3.51. The normalized spacial score (nSPS) is 18.8. The highest BCUT2D eigenvalue weighted by Crippen LogP contribution is 2.37. The minimum Gasteiger partial charge on any atom is -0.308 e. The molecule has 1 rings (SSSR count). The fourth-order valence-electron chi connectivity index (χ4n) is 1.67. The second-order valence-corrected chi connectivity index (χ2v) is 5.22. The van der Waals surface area contributed by atoms with Crippen molar-refractivity contribution in [2.75, 3.05) is 26.2 Å². The van der Waals surface area contributed by atoms with E-state index in [4.69, 9.17) is 9.79 Å². The summed E-state index contributed by atoms with van der Waals surface area (Å²) in [5.41, 5.74) is 0. The Morgan fingerprint density at radius 1 is 1.27 bits per heavy atom. The molecule has 2 N–H and O–H groups in total. The van der Waals surface area contributed by atoms with Gasteiger partial charge < -0.3 is 14.7 Å². The highest BCUT2D eigenvalue weighted by atomic mass is 31.2. The molecule has 0 atom stereocenters. The molecule has 0 aromatic heterocycles. The second-order valence-electron chi connectivity index (χ2n) is 3.68. The van der Waals surface area contributed by atoms with Crippen molar-refractivity contribution in [3.8, 4) is 0 Å². The van der Waals surface area contributed by atoms with Crippen molar-refractivity contribution in [2.24, 2.45) is 0 Å². The standard InChI is InChI=1S/C8H17N2O4P/c11-8-10(15(12,13)14)7-6-9-4-2-1-3-5-9/h8H,1-7H2,(H2,12,13,14). The van der Waals surface area contributed by atoms with Crippen LogP contribution in [0, 0.1) is 0 Å². The minimum atomic E-state index is -4.40. The predicted octanol–water partition coefficient (Wildman–Crippen LogP) is 0.0234. The maximum atomic E-state index is 10.8. The molecule has 15 heavy (non-hydrogen) atoms. The van der Waals surface area contributed by atoms with Crippen LogP contribution in [-0.4, -0.2) is 51.9 Å². The van der Waals surface area contributed by atoms with Crippen LogP contribution >= 0.6 is 7.75 Å². The van der Waals surface area contributed by atoms with Gasteiger partial charge in [-0.2, -0.15) is 0 Å². The van der Waals surface area contributed by atoms with Crippen LogP contribution in [0.15, 0.2) is 0 Å². The van der Waals surface area contributed by atoms with E-state index in [2.05, 4.69) is 4.90 Å². The smallest absolute Gasteiger partial charge is 0.308 e. The summed E-state index contributed by atoms with van der Waals surface area (Å²) >= 11 is 0. The van der Waals surface area contributed by atoms with Crippen LogP contribution < -0.4 is 0 Å². The van der Waals surface area contributed by atoms with Gasteiger partial charge in [-0.05, 0) is 25.9 Å². The molecule has 0 aromatic rings. The van der Waals surface area contributed by atoms with Crippen LogP contribution in [0.2, 0.25) is 0 Å². The molecule has 0 bridgehead atoms. The zero-order valence-electron chi connectivity index (χ0n) is 8.58. The number of hydrogen-bond donors (Lipinski definition) is 2. The first kappa shape index (κ1) is 12.6. The molecule has 1 fully saturated rings. The Labute approximate surface area is 89.1 Å². The predicted molar refractivity (Wildman–Crippen MR) is 55.1 cm³/mol.